The molecule has 2 aliphatic heterocycles. The smallest absolute Gasteiger partial charge is 0.389 e. The second-order valence-corrected chi connectivity index (χ2v) is 20.3. The zero-order chi connectivity index (χ0) is 44.2. The van der Waals surface area contributed by atoms with Gasteiger partial charge in [0, 0.05) is 41.8 Å². The predicted octanol–water partition coefficient (Wildman–Crippen LogP) is 8.41. The van der Waals surface area contributed by atoms with Crippen LogP contribution in [0.1, 0.15) is 90.0 Å². The third-order valence-corrected chi connectivity index (χ3v) is 15.4. The van der Waals surface area contributed by atoms with Gasteiger partial charge in [0.2, 0.25) is 25.1 Å². The molecule has 1 unspecified atom stereocenters. The largest absolute Gasteiger partial charge is 0.497 e. The Balaban J connectivity index is 1.23. The zero-order valence-electron chi connectivity index (χ0n) is 35.1. The van der Waals surface area contributed by atoms with Gasteiger partial charge in [-0.1, -0.05) is 62.4 Å². The van der Waals surface area contributed by atoms with Gasteiger partial charge >= 0.3 is 6.18 Å². The van der Waals surface area contributed by atoms with E-state index in [9.17, 15) is 37.0 Å². The molecule has 3 fully saturated rings. The lowest BCUT2D eigenvalue weighted by molar-refractivity contribution is -0.146. The van der Waals surface area contributed by atoms with Crippen molar-refractivity contribution in [3.63, 3.8) is 0 Å². The number of hydrogen-bond donors (Lipinski definition) is 4. The minimum absolute atomic E-state index is 0.0179. The molecule has 3 aliphatic rings. The van der Waals surface area contributed by atoms with Gasteiger partial charge in [-0.3, -0.25) is 18.9 Å². The molecule has 2 saturated heterocycles. The summed E-state index contributed by atoms with van der Waals surface area (Å²) in [6, 6.07) is 13.8. The quantitative estimate of drug-likeness (QED) is 0.101. The fourth-order valence-electron chi connectivity index (χ4n) is 8.63. The summed E-state index contributed by atoms with van der Waals surface area (Å²) < 4.78 is 66.1. The number of rotatable bonds is 12. The molecule has 1 aliphatic carbocycles. The average molecular weight is 899 g/mol. The predicted molar refractivity (Wildman–Crippen MR) is 231 cm³/mol. The van der Waals surface area contributed by atoms with Gasteiger partial charge in [0.25, 0.3) is 0 Å². The molecule has 2 aromatic carbocycles. The van der Waals surface area contributed by atoms with Crippen LogP contribution < -0.4 is 25.4 Å². The summed E-state index contributed by atoms with van der Waals surface area (Å²) in [7, 11) is -2.54. The number of alkyl halides is 3. The number of pyridine rings is 1. The zero-order valence-corrected chi connectivity index (χ0v) is 36.8. The molecule has 2 aromatic heterocycles. The van der Waals surface area contributed by atoms with Gasteiger partial charge in [-0.05, 0) is 56.7 Å². The Bertz CT molecular complexity index is 2300. The van der Waals surface area contributed by atoms with E-state index in [4.69, 9.17) is 19.4 Å². The van der Waals surface area contributed by atoms with E-state index in [0.29, 0.717) is 70.2 Å². The SMILES string of the molecule is COc1ccc2c(O[C@@H]3C[C@H]4C(=O)N[C@]5(P(=O)(O)Cc6ccccc6)C[C@@H]5CCCCCCC[C@H](NC(=O)CCC(F)(F)F)C(=O)N4C3)cc(-c3csc(NC(C)C)n3)nc2c1. The van der Waals surface area contributed by atoms with E-state index in [-0.39, 0.29) is 37.5 Å². The topological polar surface area (TPSA) is 172 Å². The van der Waals surface area contributed by atoms with Crippen molar-refractivity contribution in [2.45, 2.75) is 126 Å². The molecule has 3 amide bonds. The van der Waals surface area contributed by atoms with E-state index in [1.54, 1.807) is 55.6 Å². The first-order valence-corrected chi connectivity index (χ1v) is 24.0. The lowest BCUT2D eigenvalue weighted by Crippen LogP contribution is -2.55. The number of thiazole rings is 1. The summed E-state index contributed by atoms with van der Waals surface area (Å²) in [5.74, 6) is -1.49. The van der Waals surface area contributed by atoms with Crippen molar-refractivity contribution in [1.82, 2.24) is 25.5 Å². The van der Waals surface area contributed by atoms with Crippen LogP contribution in [0, 0.1) is 5.92 Å². The van der Waals surface area contributed by atoms with Gasteiger partial charge in [-0.15, -0.1) is 11.3 Å². The Morgan fingerprint density at radius 2 is 1.79 bits per heavy atom. The van der Waals surface area contributed by atoms with Gasteiger partial charge in [0.15, 0.2) is 5.13 Å². The fraction of sp³-hybridized carbons (Fsp3) is 0.523. The van der Waals surface area contributed by atoms with Gasteiger partial charge in [-0.2, -0.15) is 13.2 Å². The highest BCUT2D eigenvalue weighted by Gasteiger charge is 2.66. The second-order valence-electron chi connectivity index (χ2n) is 16.9. The summed E-state index contributed by atoms with van der Waals surface area (Å²) in [4.78, 5) is 65.1. The minimum Gasteiger partial charge on any atom is -0.497 e. The number of benzene rings is 2. The van der Waals surface area contributed by atoms with Crippen LogP contribution in [0.2, 0.25) is 0 Å². The Morgan fingerprint density at radius 1 is 1.05 bits per heavy atom. The second kappa shape index (κ2) is 18.9. The van der Waals surface area contributed by atoms with Crippen LogP contribution in [0.4, 0.5) is 18.3 Å². The maximum absolute atomic E-state index is 14.7. The molecule has 4 heterocycles. The molecule has 0 bridgehead atoms. The first-order valence-electron chi connectivity index (χ1n) is 21.3. The van der Waals surface area contributed by atoms with Crippen LogP contribution in [-0.2, 0) is 25.1 Å². The van der Waals surface area contributed by atoms with Crippen molar-refractivity contribution in [2.24, 2.45) is 5.92 Å². The van der Waals surface area contributed by atoms with E-state index in [1.165, 1.54) is 16.2 Å². The summed E-state index contributed by atoms with van der Waals surface area (Å²) in [5.41, 5.74) is 2.31. The Kier molecular flexibility index (Phi) is 13.8. The fourth-order valence-corrected chi connectivity index (χ4v) is 12.0. The molecular weight excluding hydrogens is 845 g/mol. The number of ether oxygens (including phenoxy) is 2. The number of anilines is 1. The van der Waals surface area contributed by atoms with Crippen molar-refractivity contribution in [1.29, 1.82) is 0 Å². The lowest BCUT2D eigenvalue weighted by Gasteiger charge is -2.31. The van der Waals surface area contributed by atoms with Crippen LogP contribution >= 0.6 is 18.7 Å². The van der Waals surface area contributed by atoms with Crippen molar-refractivity contribution in [3.05, 3.63) is 65.5 Å². The number of amides is 3. The molecule has 4 aromatic rings. The van der Waals surface area contributed by atoms with Gasteiger partial charge < -0.3 is 35.2 Å². The van der Waals surface area contributed by atoms with Crippen LogP contribution in [0.3, 0.4) is 0 Å². The highest BCUT2D eigenvalue weighted by atomic mass is 32.1. The number of carbonyl (C=O) groups excluding carboxylic acids is 3. The number of halogens is 3. The minimum atomic E-state index is -4.57. The molecule has 334 valence electrons. The van der Waals surface area contributed by atoms with Crippen LogP contribution in [0.25, 0.3) is 22.3 Å². The third kappa shape index (κ3) is 10.7. The number of nitrogens with one attached hydrogen (secondary N) is 3. The number of aromatic nitrogens is 2. The van der Waals surface area contributed by atoms with E-state index in [2.05, 4.69) is 16.0 Å². The normalized spacial score (nSPS) is 24.5. The monoisotopic (exact) mass is 898 g/mol. The number of hydrogen-bond acceptors (Lipinski definition) is 10. The van der Waals surface area contributed by atoms with E-state index < -0.39 is 67.6 Å². The number of nitrogens with zero attached hydrogens (tertiary/aromatic N) is 3. The Morgan fingerprint density at radius 3 is 2.52 bits per heavy atom. The Labute approximate surface area is 363 Å². The van der Waals surface area contributed by atoms with Crippen molar-refractivity contribution in [3.8, 4) is 22.9 Å². The molecule has 0 spiro atoms. The number of methoxy groups -OCH3 is 1. The third-order valence-electron chi connectivity index (χ3n) is 11.9. The molecule has 13 nitrogen and oxygen atoms in total. The van der Waals surface area contributed by atoms with Gasteiger partial charge in [-0.25, -0.2) is 9.97 Å². The summed E-state index contributed by atoms with van der Waals surface area (Å²) in [5, 5.41) is 10.7. The molecule has 18 heteroatoms. The molecule has 6 atom stereocenters. The summed E-state index contributed by atoms with van der Waals surface area (Å²) in [6.45, 7) is 3.90. The maximum Gasteiger partial charge on any atom is 0.389 e. The molecule has 1 saturated carbocycles. The standard InChI is InChI=1S/C44H54F3N6O7PS/c1-27(2)48-42-51-36(26-62-42)35-22-38(32-17-16-30(59-3)20-34(32)49-35)60-31-21-37-40(55)52-43(61(57,58)25-28-12-8-7-9-13-28)23-29(43)14-10-5-4-6-11-15-33(41(56)53(37)24-31)50-39(54)18-19-44(45,46)47/h7-9,12-13,16-17,20,22,26-27,29,31,33,37H,4-6,10-11,14-15,18-19,21,23-25H2,1-3H3,(H,48,51)(H,50,54)(H,52,55)(H,57,58)/t29-,31+,33-,37-,43-/m0/s1. The molecule has 7 rings (SSSR count). The van der Waals surface area contributed by atoms with Gasteiger partial charge in [0.1, 0.15) is 40.7 Å². The van der Waals surface area contributed by atoms with Crippen molar-refractivity contribution in [2.75, 3.05) is 19.0 Å². The van der Waals surface area contributed by atoms with E-state index in [1.807, 2.05) is 25.3 Å². The van der Waals surface area contributed by atoms with Crippen molar-refractivity contribution < 1.29 is 46.5 Å². The number of carbonyl (C=O) groups is 3. The average Bonchev–Trinajstić information content (AvgIpc) is 3.49. The van der Waals surface area contributed by atoms with E-state index in [0.717, 1.165) is 19.3 Å². The number of fused-ring (bicyclic) bond motifs is 3. The van der Waals surface area contributed by atoms with Crippen LogP contribution in [0.5, 0.6) is 11.5 Å². The Hall–Kier alpha value is -4.73. The highest BCUT2D eigenvalue weighted by molar-refractivity contribution is 7.59. The summed E-state index contributed by atoms with van der Waals surface area (Å²) in [6.07, 6.45) is -3.04. The van der Waals surface area contributed by atoms with Crippen LogP contribution in [-0.4, -0.2) is 86.8 Å². The van der Waals surface area contributed by atoms with Crippen LogP contribution in [0.15, 0.2) is 60.0 Å². The van der Waals surface area contributed by atoms with E-state index >= 15 is 0 Å². The van der Waals surface area contributed by atoms with Crippen molar-refractivity contribution >= 4 is 52.5 Å². The highest BCUT2D eigenvalue weighted by Crippen LogP contribution is 2.71. The van der Waals surface area contributed by atoms with Gasteiger partial charge in [0.05, 0.1) is 37.4 Å². The maximum atomic E-state index is 14.7. The molecule has 4 N–H and O–H groups in total. The summed E-state index contributed by atoms with van der Waals surface area (Å²) >= 11 is 1.43. The lowest BCUT2D eigenvalue weighted by atomic mass is 10.0. The first-order chi connectivity index (χ1) is 29.5. The molecular formula is C44H54F3N6O7PS. The molecule has 0 radical (unpaired) electrons. The molecule has 62 heavy (non-hydrogen) atoms. The first kappa shape index (κ1) is 45.3.